The highest BCUT2D eigenvalue weighted by atomic mass is 32.1. The van der Waals surface area contributed by atoms with E-state index in [1.807, 2.05) is 11.4 Å². The van der Waals surface area contributed by atoms with E-state index < -0.39 is 0 Å². The van der Waals surface area contributed by atoms with Crippen molar-refractivity contribution in [3.05, 3.63) is 17.3 Å². The van der Waals surface area contributed by atoms with Crippen molar-refractivity contribution in [2.45, 2.75) is 24.9 Å². The summed E-state index contributed by atoms with van der Waals surface area (Å²) >= 11 is 1.59. The van der Waals surface area contributed by atoms with Crippen LogP contribution in [0.2, 0.25) is 0 Å². The number of rotatable bonds is 2. The van der Waals surface area contributed by atoms with Crippen LogP contribution in [0, 0.1) is 0 Å². The van der Waals surface area contributed by atoms with Crippen molar-refractivity contribution < 1.29 is 4.74 Å². The van der Waals surface area contributed by atoms with E-state index in [1.54, 1.807) is 18.4 Å². The number of hydrogen-bond donors (Lipinski definition) is 1. The number of ether oxygens (including phenoxy) is 1. The van der Waals surface area contributed by atoms with E-state index in [4.69, 9.17) is 10.5 Å². The highest BCUT2D eigenvalue weighted by molar-refractivity contribution is 7.16. The zero-order valence-electron chi connectivity index (χ0n) is 9.06. The first-order valence-electron chi connectivity index (χ1n) is 5.31. The second-order valence-corrected chi connectivity index (χ2v) is 5.02. The van der Waals surface area contributed by atoms with Crippen LogP contribution in [0.4, 0.5) is 5.82 Å². The molecular formula is C11H13N3OS. The lowest BCUT2D eigenvalue weighted by Gasteiger charge is -2.38. The van der Waals surface area contributed by atoms with E-state index in [-0.39, 0.29) is 5.60 Å². The molecule has 2 heterocycles. The maximum absolute atomic E-state index is 5.93. The first kappa shape index (κ1) is 9.99. The van der Waals surface area contributed by atoms with Crippen molar-refractivity contribution >= 4 is 27.4 Å². The van der Waals surface area contributed by atoms with Gasteiger partial charge in [-0.25, -0.2) is 9.97 Å². The smallest absolute Gasteiger partial charge is 0.164 e. The Bertz CT molecular complexity index is 527. The van der Waals surface area contributed by atoms with Crippen molar-refractivity contribution in [3.8, 4) is 0 Å². The van der Waals surface area contributed by atoms with Crippen LogP contribution in [0.15, 0.2) is 11.4 Å². The number of methoxy groups -OCH3 is 1. The van der Waals surface area contributed by atoms with Gasteiger partial charge in [-0.2, -0.15) is 0 Å². The topological polar surface area (TPSA) is 61.0 Å². The van der Waals surface area contributed by atoms with Crippen LogP contribution < -0.4 is 5.73 Å². The number of nitrogens with zero attached hydrogens (tertiary/aromatic N) is 2. The molecule has 0 saturated heterocycles. The number of aromatic nitrogens is 2. The predicted octanol–water partition coefficient (Wildman–Crippen LogP) is 2.30. The molecule has 0 radical (unpaired) electrons. The van der Waals surface area contributed by atoms with E-state index in [0.717, 1.165) is 28.9 Å². The Morgan fingerprint density at radius 1 is 1.44 bits per heavy atom. The highest BCUT2D eigenvalue weighted by Crippen LogP contribution is 2.43. The summed E-state index contributed by atoms with van der Waals surface area (Å²) in [7, 11) is 1.72. The first-order chi connectivity index (χ1) is 7.75. The fourth-order valence-corrected chi connectivity index (χ4v) is 2.87. The minimum Gasteiger partial charge on any atom is -0.383 e. The molecule has 4 nitrogen and oxygen atoms in total. The highest BCUT2D eigenvalue weighted by Gasteiger charge is 2.42. The molecule has 0 bridgehead atoms. The Balaban J connectivity index is 2.16. The lowest BCUT2D eigenvalue weighted by molar-refractivity contribution is -0.0842. The van der Waals surface area contributed by atoms with Gasteiger partial charge in [0.2, 0.25) is 0 Å². The fraction of sp³-hybridized carbons (Fsp3) is 0.455. The molecule has 0 aromatic carbocycles. The standard InChI is InChI=1S/C11H13N3OS/c1-15-11(4-2-5-11)10-13-8(12)7-3-6-16-9(7)14-10/h3,6H,2,4-5H2,1H3,(H2,12,13,14). The Kier molecular flexibility index (Phi) is 2.12. The largest absolute Gasteiger partial charge is 0.383 e. The average molecular weight is 235 g/mol. The van der Waals surface area contributed by atoms with Crippen LogP contribution in [0.5, 0.6) is 0 Å². The molecule has 0 aliphatic heterocycles. The Hall–Kier alpha value is -1.20. The van der Waals surface area contributed by atoms with Gasteiger partial charge >= 0.3 is 0 Å². The Morgan fingerprint density at radius 2 is 2.25 bits per heavy atom. The van der Waals surface area contributed by atoms with Crippen molar-refractivity contribution in [2.75, 3.05) is 12.8 Å². The number of nitrogen functional groups attached to an aromatic ring is 1. The summed E-state index contributed by atoms with van der Waals surface area (Å²) < 4.78 is 5.56. The van der Waals surface area contributed by atoms with Crippen molar-refractivity contribution in [1.82, 2.24) is 9.97 Å². The van der Waals surface area contributed by atoms with E-state index in [9.17, 15) is 0 Å². The molecule has 0 amide bonds. The van der Waals surface area contributed by atoms with Crippen LogP contribution in [0.3, 0.4) is 0 Å². The van der Waals surface area contributed by atoms with Gasteiger partial charge in [-0.1, -0.05) is 0 Å². The third-order valence-electron chi connectivity index (χ3n) is 3.31. The third kappa shape index (κ3) is 1.25. The van der Waals surface area contributed by atoms with E-state index in [2.05, 4.69) is 9.97 Å². The van der Waals surface area contributed by atoms with Gasteiger partial charge < -0.3 is 10.5 Å². The number of thiophene rings is 1. The van der Waals surface area contributed by atoms with Crippen LogP contribution in [0.1, 0.15) is 25.1 Å². The van der Waals surface area contributed by atoms with E-state index in [1.165, 1.54) is 6.42 Å². The van der Waals surface area contributed by atoms with Gasteiger partial charge in [-0.3, -0.25) is 0 Å². The van der Waals surface area contributed by atoms with E-state index in [0.29, 0.717) is 5.82 Å². The molecule has 0 spiro atoms. The second-order valence-electron chi connectivity index (χ2n) is 4.12. The SMILES string of the molecule is COC1(c2nc(N)c3ccsc3n2)CCC1. The summed E-state index contributed by atoms with van der Waals surface area (Å²) in [6, 6.07) is 1.96. The maximum Gasteiger partial charge on any atom is 0.164 e. The summed E-state index contributed by atoms with van der Waals surface area (Å²) in [4.78, 5) is 9.90. The van der Waals surface area contributed by atoms with Gasteiger partial charge in [-0.15, -0.1) is 11.3 Å². The van der Waals surface area contributed by atoms with Gasteiger partial charge in [0.15, 0.2) is 5.82 Å². The summed E-state index contributed by atoms with van der Waals surface area (Å²) in [6.07, 6.45) is 3.14. The van der Waals surface area contributed by atoms with Crippen LogP contribution in [0.25, 0.3) is 10.2 Å². The molecule has 16 heavy (non-hydrogen) atoms. The summed E-state index contributed by atoms with van der Waals surface area (Å²) in [5.74, 6) is 1.30. The normalized spacial score (nSPS) is 18.6. The van der Waals surface area contributed by atoms with Gasteiger partial charge in [0.05, 0.1) is 5.39 Å². The van der Waals surface area contributed by atoms with Crippen molar-refractivity contribution in [3.63, 3.8) is 0 Å². The molecule has 1 saturated carbocycles. The molecular weight excluding hydrogens is 222 g/mol. The number of fused-ring (bicyclic) bond motifs is 1. The second kappa shape index (κ2) is 3.40. The molecule has 3 rings (SSSR count). The summed E-state index contributed by atoms with van der Waals surface area (Å²) in [6.45, 7) is 0. The van der Waals surface area contributed by atoms with Gasteiger partial charge in [0.1, 0.15) is 16.2 Å². The zero-order valence-corrected chi connectivity index (χ0v) is 9.88. The molecule has 0 unspecified atom stereocenters. The minimum absolute atomic E-state index is 0.285. The molecule has 2 N–H and O–H groups in total. The van der Waals surface area contributed by atoms with Crippen molar-refractivity contribution in [2.24, 2.45) is 0 Å². The fourth-order valence-electron chi connectivity index (χ4n) is 2.10. The van der Waals surface area contributed by atoms with Crippen molar-refractivity contribution in [1.29, 1.82) is 0 Å². The van der Waals surface area contributed by atoms with Crippen LogP contribution in [-0.4, -0.2) is 17.1 Å². The van der Waals surface area contributed by atoms with Gasteiger partial charge in [0.25, 0.3) is 0 Å². The lowest BCUT2D eigenvalue weighted by Crippen LogP contribution is -2.38. The Morgan fingerprint density at radius 3 is 2.88 bits per heavy atom. The van der Waals surface area contributed by atoms with E-state index >= 15 is 0 Å². The summed E-state index contributed by atoms with van der Waals surface area (Å²) in [5.41, 5.74) is 5.65. The van der Waals surface area contributed by atoms with Crippen LogP contribution >= 0.6 is 11.3 Å². The molecule has 1 fully saturated rings. The molecule has 2 aromatic heterocycles. The monoisotopic (exact) mass is 235 g/mol. The maximum atomic E-state index is 5.93. The van der Waals surface area contributed by atoms with Gasteiger partial charge in [0, 0.05) is 7.11 Å². The zero-order chi connectivity index (χ0) is 11.2. The quantitative estimate of drug-likeness (QED) is 0.867. The minimum atomic E-state index is -0.285. The molecule has 1 aliphatic rings. The molecule has 84 valence electrons. The summed E-state index contributed by atoms with van der Waals surface area (Å²) in [5, 5.41) is 2.93. The molecule has 0 atom stereocenters. The lowest BCUT2D eigenvalue weighted by atomic mass is 9.79. The van der Waals surface area contributed by atoms with Gasteiger partial charge in [-0.05, 0) is 30.7 Å². The van der Waals surface area contributed by atoms with Crippen LogP contribution in [-0.2, 0) is 10.3 Å². The molecule has 1 aliphatic carbocycles. The molecule has 5 heteroatoms. The number of nitrogens with two attached hydrogens (primary N) is 1. The number of anilines is 1. The molecule has 2 aromatic rings. The average Bonchev–Trinajstić information content (AvgIpc) is 2.65. The Labute approximate surface area is 97.5 Å². The number of hydrogen-bond acceptors (Lipinski definition) is 5. The predicted molar refractivity (Wildman–Crippen MR) is 64.4 cm³/mol. The first-order valence-corrected chi connectivity index (χ1v) is 6.19. The third-order valence-corrected chi connectivity index (χ3v) is 4.12.